The quantitative estimate of drug-likeness (QED) is 0.869. The molecule has 1 heterocycles. The van der Waals surface area contributed by atoms with Crippen LogP contribution in [0.25, 0.3) is 0 Å². The number of hydrogen-bond donors (Lipinski definition) is 2. The number of carbonyl (C=O) groups is 2. The summed E-state index contributed by atoms with van der Waals surface area (Å²) in [7, 11) is 0. The van der Waals surface area contributed by atoms with Crippen LogP contribution in [-0.2, 0) is 9.59 Å². The number of carboxylic acid groups (broad SMARTS) is 1. The molecule has 1 saturated heterocycles. The van der Waals surface area contributed by atoms with E-state index in [-0.39, 0.29) is 12.5 Å². The van der Waals surface area contributed by atoms with Crippen molar-refractivity contribution < 1.29 is 14.7 Å². The first-order valence-corrected chi connectivity index (χ1v) is 7.38. The van der Waals surface area contributed by atoms with Crippen LogP contribution in [0.3, 0.4) is 0 Å². The van der Waals surface area contributed by atoms with Crippen molar-refractivity contribution in [1.82, 2.24) is 5.32 Å². The van der Waals surface area contributed by atoms with E-state index in [0.29, 0.717) is 5.69 Å². The number of carboxylic acids is 1. The Labute approximate surface area is 125 Å². The Morgan fingerprint density at radius 3 is 2.38 bits per heavy atom. The lowest BCUT2D eigenvalue weighted by Crippen LogP contribution is -2.50. The monoisotopic (exact) mass is 290 g/mol. The SMILES string of the molecule is CCC1(C(=O)N(CC(=O)O)c2ccccc2)CCNCC1. The van der Waals surface area contributed by atoms with E-state index in [0.717, 1.165) is 32.4 Å². The fourth-order valence-electron chi connectivity index (χ4n) is 2.93. The van der Waals surface area contributed by atoms with Crippen LogP contribution >= 0.6 is 0 Å². The number of carbonyl (C=O) groups excluding carboxylic acids is 1. The highest BCUT2D eigenvalue weighted by Crippen LogP contribution is 2.36. The number of aliphatic carboxylic acids is 1. The zero-order valence-electron chi connectivity index (χ0n) is 12.3. The molecule has 1 aromatic carbocycles. The van der Waals surface area contributed by atoms with Gasteiger partial charge in [0.2, 0.25) is 5.91 Å². The molecule has 1 aliphatic heterocycles. The van der Waals surface area contributed by atoms with Crippen LogP contribution in [0.15, 0.2) is 30.3 Å². The average Bonchev–Trinajstić information content (AvgIpc) is 2.53. The Balaban J connectivity index is 2.31. The molecule has 0 radical (unpaired) electrons. The average molecular weight is 290 g/mol. The summed E-state index contributed by atoms with van der Waals surface area (Å²) in [5.41, 5.74) is 0.201. The molecule has 5 heteroatoms. The second kappa shape index (κ2) is 6.72. The number of para-hydroxylation sites is 1. The van der Waals surface area contributed by atoms with Gasteiger partial charge in [-0.2, -0.15) is 0 Å². The van der Waals surface area contributed by atoms with Crippen LogP contribution in [0.5, 0.6) is 0 Å². The van der Waals surface area contributed by atoms with E-state index in [9.17, 15) is 9.59 Å². The van der Waals surface area contributed by atoms with Gasteiger partial charge in [-0.05, 0) is 44.5 Å². The maximum atomic E-state index is 13.0. The van der Waals surface area contributed by atoms with E-state index in [1.807, 2.05) is 25.1 Å². The third-order valence-electron chi connectivity index (χ3n) is 4.30. The minimum atomic E-state index is -0.993. The van der Waals surface area contributed by atoms with Gasteiger partial charge in [-0.3, -0.25) is 9.59 Å². The lowest BCUT2D eigenvalue weighted by molar-refractivity contribution is -0.138. The molecular formula is C16H22N2O3. The minimum Gasteiger partial charge on any atom is -0.480 e. The van der Waals surface area contributed by atoms with Gasteiger partial charge in [-0.25, -0.2) is 0 Å². The topological polar surface area (TPSA) is 69.6 Å². The van der Waals surface area contributed by atoms with Crippen LogP contribution in [0.2, 0.25) is 0 Å². The molecule has 1 aromatic rings. The second-order valence-corrected chi connectivity index (χ2v) is 5.50. The van der Waals surface area contributed by atoms with E-state index in [1.54, 1.807) is 12.1 Å². The highest BCUT2D eigenvalue weighted by molar-refractivity contribution is 6.00. The Morgan fingerprint density at radius 2 is 1.86 bits per heavy atom. The van der Waals surface area contributed by atoms with Crippen molar-refractivity contribution >= 4 is 17.6 Å². The summed E-state index contributed by atoms with van der Waals surface area (Å²) in [6.07, 6.45) is 2.24. The van der Waals surface area contributed by atoms with Crippen molar-refractivity contribution in [1.29, 1.82) is 0 Å². The van der Waals surface area contributed by atoms with Crippen molar-refractivity contribution in [2.75, 3.05) is 24.5 Å². The van der Waals surface area contributed by atoms with Crippen LogP contribution < -0.4 is 10.2 Å². The Kier molecular flexibility index (Phi) is 4.96. The van der Waals surface area contributed by atoms with Crippen LogP contribution in [-0.4, -0.2) is 36.6 Å². The smallest absolute Gasteiger partial charge is 0.323 e. The molecule has 1 fully saturated rings. The molecule has 1 amide bonds. The molecule has 1 aliphatic rings. The number of benzene rings is 1. The van der Waals surface area contributed by atoms with Gasteiger partial charge in [0.25, 0.3) is 0 Å². The predicted octanol–water partition coefficient (Wildman–Crippen LogP) is 1.88. The van der Waals surface area contributed by atoms with Crippen molar-refractivity contribution in [3.05, 3.63) is 30.3 Å². The summed E-state index contributed by atoms with van der Waals surface area (Å²) in [5.74, 6) is -1.06. The first-order valence-electron chi connectivity index (χ1n) is 7.38. The maximum Gasteiger partial charge on any atom is 0.323 e. The fraction of sp³-hybridized carbons (Fsp3) is 0.500. The zero-order chi connectivity index (χ0) is 15.3. The Bertz CT molecular complexity index is 496. The number of nitrogens with one attached hydrogen (secondary N) is 1. The van der Waals surface area contributed by atoms with Crippen molar-refractivity contribution in [3.8, 4) is 0 Å². The molecular weight excluding hydrogens is 268 g/mol. The molecule has 0 spiro atoms. The van der Waals surface area contributed by atoms with Crippen molar-refractivity contribution in [2.24, 2.45) is 5.41 Å². The summed E-state index contributed by atoms with van der Waals surface area (Å²) in [6, 6.07) is 9.06. The van der Waals surface area contributed by atoms with Gasteiger partial charge < -0.3 is 15.3 Å². The van der Waals surface area contributed by atoms with Crippen LogP contribution in [0.4, 0.5) is 5.69 Å². The number of piperidine rings is 1. The molecule has 0 aromatic heterocycles. The first kappa shape index (κ1) is 15.5. The van der Waals surface area contributed by atoms with E-state index in [1.165, 1.54) is 4.90 Å². The molecule has 5 nitrogen and oxygen atoms in total. The van der Waals surface area contributed by atoms with Gasteiger partial charge in [0.15, 0.2) is 0 Å². The van der Waals surface area contributed by atoms with Crippen molar-refractivity contribution in [3.63, 3.8) is 0 Å². The molecule has 21 heavy (non-hydrogen) atoms. The maximum absolute atomic E-state index is 13.0. The lowest BCUT2D eigenvalue weighted by atomic mass is 9.75. The summed E-state index contributed by atoms with van der Waals surface area (Å²) < 4.78 is 0. The van der Waals surface area contributed by atoms with E-state index < -0.39 is 11.4 Å². The predicted molar refractivity (Wildman–Crippen MR) is 81.3 cm³/mol. The Morgan fingerprint density at radius 1 is 1.24 bits per heavy atom. The molecule has 0 bridgehead atoms. The summed E-state index contributed by atoms with van der Waals surface area (Å²) >= 11 is 0. The van der Waals surface area contributed by atoms with E-state index >= 15 is 0 Å². The molecule has 0 aliphatic carbocycles. The standard InChI is InChI=1S/C16H22N2O3/c1-2-16(8-10-17-11-9-16)15(21)18(12-14(19)20)13-6-4-3-5-7-13/h3-7,17H,2,8-12H2,1H3,(H,19,20). The molecule has 0 saturated carbocycles. The molecule has 0 unspecified atom stereocenters. The largest absolute Gasteiger partial charge is 0.480 e. The third-order valence-corrected chi connectivity index (χ3v) is 4.30. The van der Waals surface area contributed by atoms with Gasteiger partial charge >= 0.3 is 5.97 Å². The Hall–Kier alpha value is -1.88. The molecule has 2 N–H and O–H groups in total. The summed E-state index contributed by atoms with van der Waals surface area (Å²) in [6.45, 7) is 3.32. The zero-order valence-corrected chi connectivity index (χ0v) is 12.3. The van der Waals surface area contributed by atoms with Gasteiger partial charge in [0.1, 0.15) is 6.54 Å². The highest BCUT2D eigenvalue weighted by Gasteiger charge is 2.41. The van der Waals surface area contributed by atoms with E-state index in [2.05, 4.69) is 5.32 Å². The number of amides is 1. The molecule has 2 rings (SSSR count). The van der Waals surface area contributed by atoms with Gasteiger partial charge in [0.05, 0.1) is 5.41 Å². The lowest BCUT2D eigenvalue weighted by Gasteiger charge is -2.39. The first-order chi connectivity index (χ1) is 10.1. The van der Waals surface area contributed by atoms with Crippen molar-refractivity contribution in [2.45, 2.75) is 26.2 Å². The third kappa shape index (κ3) is 3.42. The number of nitrogens with zero attached hydrogens (tertiary/aromatic N) is 1. The summed E-state index contributed by atoms with van der Waals surface area (Å²) in [4.78, 5) is 25.6. The van der Waals surface area contributed by atoms with Gasteiger partial charge in [-0.1, -0.05) is 25.1 Å². The van der Waals surface area contributed by atoms with Crippen LogP contribution in [0.1, 0.15) is 26.2 Å². The van der Waals surface area contributed by atoms with E-state index in [4.69, 9.17) is 5.11 Å². The van der Waals surface area contributed by atoms with Gasteiger partial charge in [-0.15, -0.1) is 0 Å². The number of rotatable bonds is 5. The van der Waals surface area contributed by atoms with Gasteiger partial charge in [0, 0.05) is 5.69 Å². The fourth-order valence-corrected chi connectivity index (χ4v) is 2.93. The number of anilines is 1. The highest BCUT2D eigenvalue weighted by atomic mass is 16.4. The minimum absolute atomic E-state index is 0.0694. The molecule has 0 atom stereocenters. The molecule has 114 valence electrons. The summed E-state index contributed by atoms with van der Waals surface area (Å²) in [5, 5.41) is 12.4. The normalized spacial score (nSPS) is 17.2. The second-order valence-electron chi connectivity index (χ2n) is 5.50. The number of hydrogen-bond acceptors (Lipinski definition) is 3. The van der Waals surface area contributed by atoms with Crippen LogP contribution in [0, 0.1) is 5.41 Å².